The second kappa shape index (κ2) is 4.79. The lowest BCUT2D eigenvalue weighted by atomic mass is 9.64. The molecular weight excluding hydrogens is 210 g/mol. The molecule has 17 heavy (non-hydrogen) atoms. The molecule has 2 rings (SSSR count). The van der Waals surface area contributed by atoms with E-state index in [9.17, 15) is 5.11 Å². The van der Waals surface area contributed by atoms with Crippen LogP contribution in [0.4, 0.5) is 0 Å². The van der Waals surface area contributed by atoms with Crippen LogP contribution < -0.4 is 5.32 Å². The molecule has 1 aromatic rings. The standard InChI is InChI=1S/C15H23NO/c1-11(12-7-5-4-6-8-12)10-16-13-9-14(17)15(13,2)3/h4-8,11,13-14,16-17H,9-10H2,1-3H3. The Bertz CT molecular complexity index is 360. The van der Waals surface area contributed by atoms with Gasteiger partial charge in [-0.2, -0.15) is 0 Å². The zero-order valence-corrected chi connectivity index (χ0v) is 11.0. The highest BCUT2D eigenvalue weighted by molar-refractivity contribution is 5.19. The van der Waals surface area contributed by atoms with E-state index in [0.29, 0.717) is 12.0 Å². The smallest absolute Gasteiger partial charge is 0.0621 e. The van der Waals surface area contributed by atoms with E-state index < -0.39 is 0 Å². The van der Waals surface area contributed by atoms with E-state index in [4.69, 9.17) is 0 Å². The van der Waals surface area contributed by atoms with Crippen molar-refractivity contribution in [2.45, 2.75) is 45.3 Å². The SMILES string of the molecule is CC(CNC1CC(O)C1(C)C)c1ccccc1. The van der Waals surface area contributed by atoms with Gasteiger partial charge in [-0.15, -0.1) is 0 Å². The third-order valence-electron chi connectivity index (χ3n) is 4.25. The first kappa shape index (κ1) is 12.6. The summed E-state index contributed by atoms with van der Waals surface area (Å²) in [5.74, 6) is 0.518. The summed E-state index contributed by atoms with van der Waals surface area (Å²) in [7, 11) is 0. The molecule has 1 fully saturated rings. The van der Waals surface area contributed by atoms with Gasteiger partial charge in [-0.1, -0.05) is 51.1 Å². The number of hydrogen-bond donors (Lipinski definition) is 2. The molecule has 3 atom stereocenters. The van der Waals surface area contributed by atoms with Gasteiger partial charge in [0.05, 0.1) is 6.10 Å². The molecule has 0 heterocycles. The normalized spacial score (nSPS) is 28.5. The zero-order chi connectivity index (χ0) is 12.5. The summed E-state index contributed by atoms with van der Waals surface area (Å²) in [6, 6.07) is 11.0. The fourth-order valence-corrected chi connectivity index (χ4v) is 2.47. The molecule has 1 aromatic carbocycles. The third kappa shape index (κ3) is 2.53. The summed E-state index contributed by atoms with van der Waals surface area (Å²) in [4.78, 5) is 0. The Morgan fingerprint density at radius 3 is 2.53 bits per heavy atom. The van der Waals surface area contributed by atoms with Gasteiger partial charge < -0.3 is 10.4 Å². The van der Waals surface area contributed by atoms with Crippen molar-refractivity contribution in [3.05, 3.63) is 35.9 Å². The summed E-state index contributed by atoms with van der Waals surface area (Å²) in [6.07, 6.45) is 0.737. The first-order valence-electron chi connectivity index (χ1n) is 6.48. The van der Waals surface area contributed by atoms with E-state index in [0.717, 1.165) is 13.0 Å². The molecule has 2 heteroatoms. The Kier molecular flexibility index (Phi) is 3.55. The van der Waals surface area contributed by atoms with E-state index >= 15 is 0 Å². The van der Waals surface area contributed by atoms with Crippen molar-refractivity contribution in [1.29, 1.82) is 0 Å². The zero-order valence-electron chi connectivity index (χ0n) is 11.0. The quantitative estimate of drug-likeness (QED) is 0.837. The molecule has 1 aliphatic rings. The Balaban J connectivity index is 1.84. The first-order chi connectivity index (χ1) is 8.01. The summed E-state index contributed by atoms with van der Waals surface area (Å²) in [5.41, 5.74) is 1.40. The molecule has 2 N–H and O–H groups in total. The molecule has 1 aliphatic carbocycles. The van der Waals surface area contributed by atoms with Crippen LogP contribution in [0.25, 0.3) is 0 Å². The average molecular weight is 233 g/mol. The molecule has 94 valence electrons. The Labute approximate surface area is 104 Å². The molecular formula is C15H23NO. The molecule has 0 spiro atoms. The summed E-state index contributed by atoms with van der Waals surface area (Å²) in [5, 5.41) is 13.3. The highest BCUT2D eigenvalue weighted by Crippen LogP contribution is 2.40. The van der Waals surface area contributed by atoms with Crippen LogP contribution in [0.1, 0.15) is 38.7 Å². The molecule has 0 radical (unpaired) electrons. The van der Waals surface area contributed by atoms with E-state index in [-0.39, 0.29) is 11.5 Å². The van der Waals surface area contributed by atoms with Crippen LogP contribution in [-0.4, -0.2) is 23.8 Å². The number of nitrogens with one attached hydrogen (secondary N) is 1. The minimum absolute atomic E-state index is 0.0242. The van der Waals surface area contributed by atoms with Crippen molar-refractivity contribution in [2.24, 2.45) is 5.41 Å². The molecule has 0 amide bonds. The van der Waals surface area contributed by atoms with Gasteiger partial charge >= 0.3 is 0 Å². The Morgan fingerprint density at radius 2 is 2.00 bits per heavy atom. The van der Waals surface area contributed by atoms with Gasteiger partial charge in [0.25, 0.3) is 0 Å². The van der Waals surface area contributed by atoms with Crippen LogP contribution in [0.2, 0.25) is 0 Å². The number of hydrogen-bond acceptors (Lipinski definition) is 2. The van der Waals surface area contributed by atoms with Crippen LogP contribution in [0.15, 0.2) is 30.3 Å². The fraction of sp³-hybridized carbons (Fsp3) is 0.600. The Morgan fingerprint density at radius 1 is 1.35 bits per heavy atom. The Hall–Kier alpha value is -0.860. The van der Waals surface area contributed by atoms with E-state index in [1.807, 2.05) is 0 Å². The van der Waals surface area contributed by atoms with Gasteiger partial charge in [0.2, 0.25) is 0 Å². The average Bonchev–Trinajstić information content (AvgIpc) is 2.35. The van der Waals surface area contributed by atoms with Gasteiger partial charge in [0.15, 0.2) is 0 Å². The van der Waals surface area contributed by atoms with Gasteiger partial charge in [0.1, 0.15) is 0 Å². The van der Waals surface area contributed by atoms with Crippen molar-refractivity contribution in [2.75, 3.05) is 6.54 Å². The van der Waals surface area contributed by atoms with Crippen LogP contribution in [0.5, 0.6) is 0 Å². The van der Waals surface area contributed by atoms with Crippen LogP contribution in [0, 0.1) is 5.41 Å². The van der Waals surface area contributed by atoms with Gasteiger partial charge in [0, 0.05) is 18.0 Å². The topological polar surface area (TPSA) is 32.3 Å². The predicted octanol–water partition coefficient (Wildman–Crippen LogP) is 2.54. The molecule has 2 nitrogen and oxygen atoms in total. The monoisotopic (exact) mass is 233 g/mol. The maximum absolute atomic E-state index is 9.69. The van der Waals surface area contributed by atoms with Gasteiger partial charge in [-0.05, 0) is 17.9 Å². The summed E-state index contributed by atoms with van der Waals surface area (Å²) < 4.78 is 0. The van der Waals surface area contributed by atoms with E-state index in [1.54, 1.807) is 0 Å². The van der Waals surface area contributed by atoms with Crippen molar-refractivity contribution < 1.29 is 5.11 Å². The van der Waals surface area contributed by atoms with E-state index in [2.05, 4.69) is 56.4 Å². The number of aliphatic hydroxyl groups is 1. The minimum Gasteiger partial charge on any atom is -0.392 e. The van der Waals surface area contributed by atoms with Crippen LogP contribution >= 0.6 is 0 Å². The molecule has 0 saturated heterocycles. The second-order valence-electron chi connectivity index (χ2n) is 5.85. The number of rotatable bonds is 4. The molecule has 3 unspecified atom stereocenters. The maximum atomic E-state index is 9.69. The second-order valence-corrected chi connectivity index (χ2v) is 5.85. The lowest BCUT2D eigenvalue weighted by molar-refractivity contribution is -0.0725. The van der Waals surface area contributed by atoms with Crippen molar-refractivity contribution in [1.82, 2.24) is 5.32 Å². The molecule has 0 aliphatic heterocycles. The minimum atomic E-state index is -0.146. The predicted molar refractivity (Wildman–Crippen MR) is 71.1 cm³/mol. The maximum Gasteiger partial charge on any atom is 0.0621 e. The molecule has 1 saturated carbocycles. The van der Waals surface area contributed by atoms with Crippen molar-refractivity contribution in [3.8, 4) is 0 Å². The summed E-state index contributed by atoms with van der Waals surface area (Å²) >= 11 is 0. The molecule has 0 aromatic heterocycles. The van der Waals surface area contributed by atoms with E-state index in [1.165, 1.54) is 5.56 Å². The van der Waals surface area contributed by atoms with Crippen molar-refractivity contribution >= 4 is 0 Å². The highest BCUT2D eigenvalue weighted by Gasteiger charge is 2.46. The van der Waals surface area contributed by atoms with Gasteiger partial charge in [-0.3, -0.25) is 0 Å². The number of aliphatic hydroxyl groups excluding tert-OH is 1. The highest BCUT2D eigenvalue weighted by atomic mass is 16.3. The molecule has 0 bridgehead atoms. The first-order valence-corrected chi connectivity index (χ1v) is 6.48. The van der Waals surface area contributed by atoms with Gasteiger partial charge in [-0.25, -0.2) is 0 Å². The van der Waals surface area contributed by atoms with Crippen LogP contribution in [0.3, 0.4) is 0 Å². The fourth-order valence-electron chi connectivity index (χ4n) is 2.47. The lowest BCUT2D eigenvalue weighted by Gasteiger charge is -2.50. The third-order valence-corrected chi connectivity index (χ3v) is 4.25. The number of benzene rings is 1. The largest absolute Gasteiger partial charge is 0.392 e. The lowest BCUT2D eigenvalue weighted by Crippen LogP contribution is -2.60. The van der Waals surface area contributed by atoms with Crippen LogP contribution in [-0.2, 0) is 0 Å². The van der Waals surface area contributed by atoms with Crippen molar-refractivity contribution in [3.63, 3.8) is 0 Å². The summed E-state index contributed by atoms with van der Waals surface area (Å²) in [6.45, 7) is 7.48.